The van der Waals surface area contributed by atoms with E-state index in [2.05, 4.69) is 61.0 Å². The summed E-state index contributed by atoms with van der Waals surface area (Å²) >= 11 is 0. The molecule has 1 atom stereocenters. The monoisotopic (exact) mass is 278 g/mol. The van der Waals surface area contributed by atoms with Gasteiger partial charge in [-0.15, -0.1) is 0 Å². The number of nitrogens with one attached hydrogen (secondary N) is 1. The molecule has 0 bridgehead atoms. The van der Waals surface area contributed by atoms with Crippen LogP contribution in [0, 0.1) is 5.92 Å². The number of hydrogen-bond acceptors (Lipinski definition) is 3. The number of aryl methyl sites for hydroxylation is 1. The van der Waals surface area contributed by atoms with Gasteiger partial charge in [-0.2, -0.15) is 0 Å². The van der Waals surface area contributed by atoms with Crippen LogP contribution in [0.1, 0.15) is 51.4 Å². The first-order valence-electron chi connectivity index (χ1n) is 7.89. The largest absolute Gasteiger partial charge is 0.337 e. The van der Waals surface area contributed by atoms with Gasteiger partial charge in [0, 0.05) is 25.0 Å². The average molecular weight is 278 g/mol. The van der Waals surface area contributed by atoms with E-state index < -0.39 is 0 Å². The second kappa shape index (κ2) is 6.27. The van der Waals surface area contributed by atoms with Crippen molar-refractivity contribution >= 4 is 0 Å². The fourth-order valence-electron chi connectivity index (χ4n) is 3.64. The molecule has 1 N–H and O–H groups in total. The minimum atomic E-state index is 0.182. The first-order valence-corrected chi connectivity index (χ1v) is 7.89. The number of imidazole rings is 1. The molecule has 4 heteroatoms. The molecule has 2 rings (SSSR count). The average Bonchev–Trinajstić information content (AvgIpc) is 2.83. The van der Waals surface area contributed by atoms with Gasteiger partial charge in [-0.05, 0) is 52.2 Å². The Balaban J connectivity index is 2.36. The second-order valence-electron chi connectivity index (χ2n) is 6.57. The fourth-order valence-corrected chi connectivity index (χ4v) is 3.64. The summed E-state index contributed by atoms with van der Waals surface area (Å²) in [6.45, 7) is 5.54. The van der Waals surface area contributed by atoms with Crippen molar-refractivity contribution in [3.05, 3.63) is 18.2 Å². The molecule has 1 aromatic rings. The maximum absolute atomic E-state index is 4.63. The van der Waals surface area contributed by atoms with Crippen LogP contribution in [0.25, 0.3) is 0 Å². The van der Waals surface area contributed by atoms with E-state index in [9.17, 15) is 0 Å². The molecule has 0 spiro atoms. The lowest BCUT2D eigenvalue weighted by atomic mass is 9.71. The molecule has 1 unspecified atom stereocenters. The van der Waals surface area contributed by atoms with Crippen molar-refractivity contribution in [2.24, 2.45) is 13.0 Å². The van der Waals surface area contributed by atoms with Gasteiger partial charge in [0.25, 0.3) is 0 Å². The fraction of sp³-hybridized carbons (Fsp3) is 0.812. The highest BCUT2D eigenvalue weighted by Gasteiger charge is 2.44. The van der Waals surface area contributed by atoms with Gasteiger partial charge in [0.05, 0.1) is 6.04 Å². The van der Waals surface area contributed by atoms with Crippen molar-refractivity contribution in [1.82, 2.24) is 19.8 Å². The normalized spacial score (nSPS) is 28.8. The molecular formula is C16H30N4. The van der Waals surface area contributed by atoms with Gasteiger partial charge in [-0.3, -0.25) is 0 Å². The van der Waals surface area contributed by atoms with Gasteiger partial charge < -0.3 is 14.8 Å². The van der Waals surface area contributed by atoms with Crippen molar-refractivity contribution < 1.29 is 0 Å². The van der Waals surface area contributed by atoms with Gasteiger partial charge >= 0.3 is 0 Å². The highest BCUT2D eigenvalue weighted by molar-refractivity contribution is 5.11. The summed E-state index contributed by atoms with van der Waals surface area (Å²) in [5, 5.41) is 3.71. The third kappa shape index (κ3) is 2.77. The molecule has 1 heterocycles. The van der Waals surface area contributed by atoms with Gasteiger partial charge in [-0.25, -0.2) is 4.98 Å². The number of hydrogen-bond donors (Lipinski definition) is 1. The highest BCUT2D eigenvalue weighted by Crippen LogP contribution is 2.43. The van der Waals surface area contributed by atoms with Crippen LogP contribution in [0.2, 0.25) is 0 Å². The van der Waals surface area contributed by atoms with E-state index in [1.807, 2.05) is 6.20 Å². The third-order valence-corrected chi connectivity index (χ3v) is 5.09. The SMILES string of the molecule is CCNC(c1nccn1C)C1(N(C)C)CCC(C)CC1. The van der Waals surface area contributed by atoms with E-state index in [1.54, 1.807) is 0 Å². The minimum absolute atomic E-state index is 0.182. The minimum Gasteiger partial charge on any atom is -0.337 e. The smallest absolute Gasteiger partial charge is 0.127 e. The molecule has 114 valence electrons. The Morgan fingerprint density at radius 2 is 2.10 bits per heavy atom. The molecule has 20 heavy (non-hydrogen) atoms. The Morgan fingerprint density at radius 3 is 2.55 bits per heavy atom. The lowest BCUT2D eigenvalue weighted by molar-refractivity contribution is 0.0394. The van der Waals surface area contributed by atoms with Crippen LogP contribution in [0.15, 0.2) is 12.4 Å². The Bertz CT molecular complexity index is 416. The zero-order chi connectivity index (χ0) is 14.8. The number of aromatic nitrogens is 2. The van der Waals surface area contributed by atoms with Crippen LogP contribution in [0.3, 0.4) is 0 Å². The summed E-state index contributed by atoms with van der Waals surface area (Å²) in [4.78, 5) is 7.06. The zero-order valence-corrected chi connectivity index (χ0v) is 13.7. The topological polar surface area (TPSA) is 33.1 Å². The molecule has 1 aliphatic carbocycles. The maximum atomic E-state index is 4.63. The molecule has 0 aromatic carbocycles. The summed E-state index contributed by atoms with van der Waals surface area (Å²) in [7, 11) is 6.55. The van der Waals surface area contributed by atoms with Crippen LogP contribution in [0.5, 0.6) is 0 Å². The lowest BCUT2D eigenvalue weighted by Gasteiger charge is -2.49. The van der Waals surface area contributed by atoms with Gasteiger partial charge in [0.15, 0.2) is 0 Å². The van der Waals surface area contributed by atoms with Crippen molar-refractivity contribution in [1.29, 1.82) is 0 Å². The van der Waals surface area contributed by atoms with Gasteiger partial charge in [-0.1, -0.05) is 13.8 Å². The first-order chi connectivity index (χ1) is 9.51. The molecule has 0 aliphatic heterocycles. The molecule has 0 saturated heterocycles. The van der Waals surface area contributed by atoms with E-state index in [1.165, 1.54) is 25.7 Å². The summed E-state index contributed by atoms with van der Waals surface area (Å²) in [5.41, 5.74) is 0.182. The number of likely N-dealkylation sites (N-methyl/N-ethyl adjacent to an activating group) is 2. The number of nitrogens with zero attached hydrogens (tertiary/aromatic N) is 3. The van der Waals surface area contributed by atoms with Crippen LogP contribution in [-0.2, 0) is 7.05 Å². The molecular weight excluding hydrogens is 248 g/mol. The van der Waals surface area contributed by atoms with Crippen LogP contribution < -0.4 is 5.32 Å². The van der Waals surface area contributed by atoms with Crippen LogP contribution in [0.4, 0.5) is 0 Å². The molecule has 1 aromatic heterocycles. The van der Waals surface area contributed by atoms with Gasteiger partial charge in [0.2, 0.25) is 0 Å². The Kier molecular flexibility index (Phi) is 4.86. The lowest BCUT2D eigenvalue weighted by Crippen LogP contribution is -2.56. The van der Waals surface area contributed by atoms with Crippen LogP contribution in [-0.4, -0.2) is 40.6 Å². The highest BCUT2D eigenvalue weighted by atomic mass is 15.2. The first kappa shape index (κ1) is 15.5. The zero-order valence-electron chi connectivity index (χ0n) is 13.7. The van der Waals surface area contributed by atoms with Crippen molar-refractivity contribution in [2.45, 2.75) is 51.1 Å². The van der Waals surface area contributed by atoms with Gasteiger partial charge in [0.1, 0.15) is 5.82 Å². The third-order valence-electron chi connectivity index (χ3n) is 5.09. The predicted molar refractivity (Wildman–Crippen MR) is 83.7 cm³/mol. The molecule has 0 radical (unpaired) electrons. The summed E-state index contributed by atoms with van der Waals surface area (Å²) in [6, 6.07) is 0.301. The van der Waals surface area contributed by atoms with Crippen LogP contribution >= 0.6 is 0 Å². The molecule has 4 nitrogen and oxygen atoms in total. The van der Waals surface area contributed by atoms with E-state index in [-0.39, 0.29) is 5.54 Å². The summed E-state index contributed by atoms with van der Waals surface area (Å²) in [6.07, 6.45) is 9.06. The summed E-state index contributed by atoms with van der Waals surface area (Å²) in [5.74, 6) is 2.02. The predicted octanol–water partition coefficient (Wildman–Crippen LogP) is 2.58. The Labute approximate surface area is 123 Å². The molecule has 1 aliphatic rings. The molecule has 1 saturated carbocycles. The number of rotatable bonds is 5. The standard InChI is InChI=1S/C16H30N4/c1-6-17-14(15-18-11-12-20(15)5)16(19(3)4)9-7-13(2)8-10-16/h11-14,17H,6-10H2,1-5H3. The Morgan fingerprint density at radius 1 is 1.45 bits per heavy atom. The quantitative estimate of drug-likeness (QED) is 0.898. The summed E-state index contributed by atoms with van der Waals surface area (Å²) < 4.78 is 2.16. The van der Waals surface area contributed by atoms with Crippen molar-refractivity contribution in [3.8, 4) is 0 Å². The second-order valence-corrected chi connectivity index (χ2v) is 6.57. The molecule has 0 amide bonds. The van der Waals surface area contributed by atoms with E-state index in [4.69, 9.17) is 0 Å². The van der Waals surface area contributed by atoms with E-state index in [0.717, 1.165) is 18.3 Å². The van der Waals surface area contributed by atoms with E-state index in [0.29, 0.717) is 6.04 Å². The Hall–Kier alpha value is -0.870. The van der Waals surface area contributed by atoms with E-state index >= 15 is 0 Å². The maximum Gasteiger partial charge on any atom is 0.127 e. The molecule has 1 fully saturated rings. The van der Waals surface area contributed by atoms with Crippen molar-refractivity contribution in [3.63, 3.8) is 0 Å². The van der Waals surface area contributed by atoms with Crippen molar-refractivity contribution in [2.75, 3.05) is 20.6 Å².